The van der Waals surface area contributed by atoms with Crippen LogP contribution < -0.4 is 10.6 Å². The van der Waals surface area contributed by atoms with Crippen LogP contribution in [0.4, 0.5) is 11.4 Å². The minimum Gasteiger partial charge on any atom is -0.465 e. The first kappa shape index (κ1) is 17.5. The van der Waals surface area contributed by atoms with Crippen molar-refractivity contribution in [2.45, 2.75) is 6.92 Å². The van der Waals surface area contributed by atoms with Crippen LogP contribution in [-0.2, 0) is 14.3 Å². The summed E-state index contributed by atoms with van der Waals surface area (Å²) in [7, 11) is 1.24. The van der Waals surface area contributed by atoms with Crippen LogP contribution in [0, 0.1) is 6.92 Å². The first-order valence-corrected chi connectivity index (χ1v) is 7.36. The Kier molecular flexibility index (Phi) is 5.55. The van der Waals surface area contributed by atoms with Gasteiger partial charge in [0.1, 0.15) is 0 Å². The maximum atomic E-state index is 12.0. The lowest BCUT2D eigenvalue weighted by atomic mass is 10.2. The van der Waals surface area contributed by atoms with Gasteiger partial charge >= 0.3 is 17.8 Å². The monoisotopic (exact) mass is 346 g/mol. The fourth-order valence-electron chi connectivity index (χ4n) is 1.94. The number of methoxy groups -OCH3 is 1. The molecule has 2 aromatic rings. The van der Waals surface area contributed by atoms with E-state index in [-0.39, 0.29) is 16.3 Å². The van der Waals surface area contributed by atoms with Gasteiger partial charge in [-0.3, -0.25) is 9.59 Å². The molecule has 0 fully saturated rings. The van der Waals surface area contributed by atoms with Crippen LogP contribution >= 0.6 is 11.6 Å². The minimum absolute atomic E-state index is 0.143. The van der Waals surface area contributed by atoms with Crippen LogP contribution in [0.3, 0.4) is 0 Å². The summed E-state index contributed by atoms with van der Waals surface area (Å²) in [4.78, 5) is 35.5. The second-order valence-corrected chi connectivity index (χ2v) is 5.32. The second kappa shape index (κ2) is 7.61. The first-order valence-electron chi connectivity index (χ1n) is 6.98. The molecule has 124 valence electrons. The highest BCUT2D eigenvalue weighted by atomic mass is 35.5. The lowest BCUT2D eigenvalue weighted by molar-refractivity contribution is -0.133. The molecule has 0 aromatic heterocycles. The number of carbonyl (C=O) groups excluding carboxylic acids is 3. The quantitative estimate of drug-likeness (QED) is 0.661. The molecule has 2 amide bonds. The summed E-state index contributed by atoms with van der Waals surface area (Å²) in [6.07, 6.45) is 0. The van der Waals surface area contributed by atoms with Crippen LogP contribution in [0.1, 0.15) is 15.9 Å². The summed E-state index contributed by atoms with van der Waals surface area (Å²) >= 11 is 5.98. The molecule has 0 atom stereocenters. The van der Waals surface area contributed by atoms with E-state index in [1.54, 1.807) is 12.1 Å². The van der Waals surface area contributed by atoms with Gasteiger partial charge in [0.05, 0.1) is 23.4 Å². The second-order valence-electron chi connectivity index (χ2n) is 4.91. The molecule has 0 aliphatic carbocycles. The number of esters is 1. The van der Waals surface area contributed by atoms with Crippen molar-refractivity contribution in [3.8, 4) is 0 Å². The molecule has 0 radical (unpaired) electrons. The Morgan fingerprint density at radius 1 is 0.958 bits per heavy atom. The van der Waals surface area contributed by atoms with E-state index in [4.69, 9.17) is 11.6 Å². The number of aryl methyl sites for hydroxylation is 1. The van der Waals surface area contributed by atoms with E-state index in [1.807, 2.05) is 19.1 Å². The molecule has 2 aromatic carbocycles. The van der Waals surface area contributed by atoms with E-state index in [1.165, 1.54) is 25.3 Å². The molecule has 0 unspecified atom stereocenters. The number of halogens is 1. The van der Waals surface area contributed by atoms with E-state index < -0.39 is 17.8 Å². The number of nitrogens with one attached hydrogen (secondary N) is 2. The Morgan fingerprint density at radius 3 is 2.21 bits per heavy atom. The van der Waals surface area contributed by atoms with Gasteiger partial charge in [-0.25, -0.2) is 4.79 Å². The number of benzene rings is 2. The number of amides is 2. The molecule has 0 heterocycles. The van der Waals surface area contributed by atoms with Gasteiger partial charge in [0, 0.05) is 5.69 Å². The van der Waals surface area contributed by atoms with Gasteiger partial charge in [-0.05, 0) is 36.8 Å². The van der Waals surface area contributed by atoms with Crippen molar-refractivity contribution >= 4 is 40.8 Å². The van der Waals surface area contributed by atoms with Gasteiger partial charge in [-0.1, -0.05) is 29.8 Å². The molecule has 0 aliphatic rings. The smallest absolute Gasteiger partial charge is 0.337 e. The molecule has 2 N–H and O–H groups in total. The molecule has 0 aliphatic heterocycles. The molecule has 6 nitrogen and oxygen atoms in total. The number of hydrogen-bond donors (Lipinski definition) is 2. The molecule has 0 spiro atoms. The summed E-state index contributed by atoms with van der Waals surface area (Å²) in [5.41, 5.74) is 1.71. The summed E-state index contributed by atoms with van der Waals surface area (Å²) < 4.78 is 4.60. The number of anilines is 2. The van der Waals surface area contributed by atoms with Crippen LogP contribution in [0.25, 0.3) is 0 Å². The van der Waals surface area contributed by atoms with Crippen molar-refractivity contribution in [2.24, 2.45) is 0 Å². The SMILES string of the molecule is COC(=O)c1ccc(Cl)c(NC(=O)C(=O)Nc2ccccc2C)c1. The molecule has 24 heavy (non-hydrogen) atoms. The summed E-state index contributed by atoms with van der Waals surface area (Å²) in [6.45, 7) is 1.81. The third-order valence-corrected chi connectivity index (χ3v) is 3.56. The highest BCUT2D eigenvalue weighted by Gasteiger charge is 2.17. The highest BCUT2D eigenvalue weighted by Crippen LogP contribution is 2.23. The molecular formula is C17H15ClN2O4. The Labute approximate surface area is 143 Å². The third kappa shape index (κ3) is 4.11. The predicted octanol–water partition coefficient (Wildman–Crippen LogP) is 3.01. The fraction of sp³-hybridized carbons (Fsp3) is 0.118. The van der Waals surface area contributed by atoms with Gasteiger partial charge in [0.2, 0.25) is 0 Å². The summed E-state index contributed by atoms with van der Waals surface area (Å²) in [6, 6.07) is 11.3. The molecular weight excluding hydrogens is 332 g/mol. The summed E-state index contributed by atoms with van der Waals surface area (Å²) in [5, 5.41) is 5.09. The zero-order valence-electron chi connectivity index (χ0n) is 13.1. The van der Waals surface area contributed by atoms with E-state index in [2.05, 4.69) is 15.4 Å². The van der Waals surface area contributed by atoms with Crippen molar-refractivity contribution in [2.75, 3.05) is 17.7 Å². The molecule has 0 saturated heterocycles. The standard InChI is InChI=1S/C17H15ClN2O4/c1-10-5-3-4-6-13(10)19-15(21)16(22)20-14-9-11(17(23)24-2)7-8-12(14)18/h3-9H,1-2H3,(H,19,21)(H,20,22). The highest BCUT2D eigenvalue weighted by molar-refractivity contribution is 6.45. The van der Waals surface area contributed by atoms with Crippen LogP contribution in [0.15, 0.2) is 42.5 Å². The number of para-hydroxylation sites is 1. The molecule has 0 bridgehead atoms. The van der Waals surface area contributed by atoms with Crippen LogP contribution in [0.2, 0.25) is 5.02 Å². The number of hydrogen-bond acceptors (Lipinski definition) is 4. The maximum Gasteiger partial charge on any atom is 0.337 e. The van der Waals surface area contributed by atoms with Crippen molar-refractivity contribution in [3.63, 3.8) is 0 Å². The average molecular weight is 347 g/mol. The lowest BCUT2D eigenvalue weighted by Crippen LogP contribution is -2.29. The molecule has 0 saturated carbocycles. The van der Waals surface area contributed by atoms with Crippen molar-refractivity contribution < 1.29 is 19.1 Å². The van der Waals surface area contributed by atoms with E-state index in [0.717, 1.165) is 5.56 Å². The Hall–Kier alpha value is -2.86. The summed E-state index contributed by atoms with van der Waals surface area (Å²) in [5.74, 6) is -2.32. The Balaban J connectivity index is 2.13. The van der Waals surface area contributed by atoms with Gasteiger partial charge in [-0.2, -0.15) is 0 Å². The zero-order chi connectivity index (χ0) is 17.7. The van der Waals surface area contributed by atoms with Gasteiger partial charge in [0.15, 0.2) is 0 Å². The number of ether oxygens (including phenoxy) is 1. The van der Waals surface area contributed by atoms with E-state index >= 15 is 0 Å². The van der Waals surface area contributed by atoms with Crippen molar-refractivity contribution in [1.82, 2.24) is 0 Å². The predicted molar refractivity (Wildman–Crippen MR) is 91.2 cm³/mol. The van der Waals surface area contributed by atoms with Crippen molar-refractivity contribution in [3.05, 3.63) is 58.6 Å². The molecule has 2 rings (SSSR count). The Bertz CT molecular complexity index is 805. The fourth-order valence-corrected chi connectivity index (χ4v) is 2.10. The van der Waals surface area contributed by atoms with E-state index in [0.29, 0.717) is 5.69 Å². The van der Waals surface area contributed by atoms with Crippen molar-refractivity contribution in [1.29, 1.82) is 0 Å². The normalized spacial score (nSPS) is 9.96. The maximum absolute atomic E-state index is 12.0. The largest absolute Gasteiger partial charge is 0.465 e. The third-order valence-electron chi connectivity index (χ3n) is 3.24. The van der Waals surface area contributed by atoms with Crippen LogP contribution in [0.5, 0.6) is 0 Å². The first-order chi connectivity index (χ1) is 11.4. The molecule has 7 heteroatoms. The average Bonchev–Trinajstić information content (AvgIpc) is 2.58. The number of carbonyl (C=O) groups is 3. The topological polar surface area (TPSA) is 84.5 Å². The Morgan fingerprint density at radius 2 is 1.58 bits per heavy atom. The lowest BCUT2D eigenvalue weighted by Gasteiger charge is -2.10. The van der Waals surface area contributed by atoms with E-state index in [9.17, 15) is 14.4 Å². The van der Waals surface area contributed by atoms with Gasteiger partial charge < -0.3 is 15.4 Å². The number of rotatable bonds is 3. The van der Waals surface area contributed by atoms with Gasteiger partial charge in [-0.15, -0.1) is 0 Å². The minimum atomic E-state index is -0.901. The van der Waals surface area contributed by atoms with Crippen LogP contribution in [-0.4, -0.2) is 24.9 Å². The van der Waals surface area contributed by atoms with Gasteiger partial charge in [0.25, 0.3) is 0 Å². The zero-order valence-corrected chi connectivity index (χ0v) is 13.8.